The molecule has 1 atom stereocenters. The number of nitriles is 1. The van der Waals surface area contributed by atoms with Gasteiger partial charge in [0.15, 0.2) is 0 Å². The Morgan fingerprint density at radius 1 is 1.22 bits per heavy atom. The molecule has 114 valence electrons. The van der Waals surface area contributed by atoms with Gasteiger partial charge >= 0.3 is 0 Å². The van der Waals surface area contributed by atoms with Crippen molar-refractivity contribution in [2.24, 2.45) is 0 Å². The molecule has 0 amide bonds. The van der Waals surface area contributed by atoms with Gasteiger partial charge in [0.2, 0.25) is 0 Å². The summed E-state index contributed by atoms with van der Waals surface area (Å²) >= 11 is 0. The molecule has 1 fully saturated rings. The highest BCUT2D eigenvalue weighted by atomic mass is 15.2. The summed E-state index contributed by atoms with van der Waals surface area (Å²) in [6.45, 7) is 1.83. The van der Waals surface area contributed by atoms with E-state index in [2.05, 4.69) is 38.2 Å². The largest absolute Gasteiger partial charge is 0.355 e. The summed E-state index contributed by atoms with van der Waals surface area (Å²) < 4.78 is 0. The first-order valence-electron chi connectivity index (χ1n) is 7.89. The molecule has 1 N–H and O–H groups in total. The number of pyridine rings is 2. The van der Waals surface area contributed by atoms with Crippen molar-refractivity contribution in [3.8, 4) is 6.07 Å². The van der Waals surface area contributed by atoms with Crippen molar-refractivity contribution in [3.05, 3.63) is 54.0 Å². The van der Waals surface area contributed by atoms with Crippen LogP contribution in [0, 0.1) is 11.3 Å². The fraction of sp³-hybridized carbons (Fsp3) is 0.278. The Balaban J connectivity index is 1.66. The quantitative estimate of drug-likeness (QED) is 0.789. The number of aromatic nitrogens is 3. The number of H-pyrrole nitrogens is 1. The molecule has 1 unspecified atom stereocenters. The first-order chi connectivity index (χ1) is 11.4. The maximum atomic E-state index is 9.31. The van der Waals surface area contributed by atoms with Crippen LogP contribution >= 0.6 is 0 Å². The highest BCUT2D eigenvalue weighted by Gasteiger charge is 2.25. The summed E-state index contributed by atoms with van der Waals surface area (Å²) in [7, 11) is 0. The van der Waals surface area contributed by atoms with E-state index >= 15 is 0 Å². The Morgan fingerprint density at radius 3 is 3.00 bits per heavy atom. The van der Waals surface area contributed by atoms with Crippen molar-refractivity contribution in [2.45, 2.75) is 18.8 Å². The highest BCUT2D eigenvalue weighted by molar-refractivity contribution is 5.80. The molecule has 3 aromatic heterocycles. The van der Waals surface area contributed by atoms with Crippen LogP contribution in [0.15, 0.2) is 42.9 Å². The number of aromatic amines is 1. The van der Waals surface area contributed by atoms with E-state index in [1.54, 1.807) is 6.20 Å². The number of anilines is 1. The molecule has 1 saturated heterocycles. The van der Waals surface area contributed by atoms with E-state index in [9.17, 15) is 5.26 Å². The second-order valence-corrected chi connectivity index (χ2v) is 5.92. The molecule has 0 radical (unpaired) electrons. The van der Waals surface area contributed by atoms with Crippen molar-refractivity contribution in [1.29, 1.82) is 5.26 Å². The fourth-order valence-corrected chi connectivity index (χ4v) is 3.47. The Morgan fingerprint density at radius 2 is 2.09 bits per heavy atom. The molecule has 23 heavy (non-hydrogen) atoms. The normalized spacial score (nSPS) is 18.0. The third-order valence-corrected chi connectivity index (χ3v) is 4.55. The summed E-state index contributed by atoms with van der Waals surface area (Å²) in [6.07, 6.45) is 7.89. The molecule has 4 heterocycles. The van der Waals surface area contributed by atoms with E-state index in [4.69, 9.17) is 0 Å². The van der Waals surface area contributed by atoms with Gasteiger partial charge in [0.05, 0.1) is 5.56 Å². The van der Waals surface area contributed by atoms with E-state index in [0.717, 1.165) is 37.4 Å². The molecule has 5 heteroatoms. The molecule has 0 aromatic carbocycles. The second kappa shape index (κ2) is 5.73. The van der Waals surface area contributed by atoms with Crippen LogP contribution < -0.4 is 4.90 Å². The van der Waals surface area contributed by atoms with Crippen LogP contribution in [-0.2, 0) is 0 Å². The maximum Gasteiger partial charge on any atom is 0.146 e. The Hall–Kier alpha value is -2.87. The second-order valence-electron chi connectivity index (χ2n) is 5.92. The maximum absolute atomic E-state index is 9.31. The van der Waals surface area contributed by atoms with Crippen LogP contribution in [-0.4, -0.2) is 28.0 Å². The standard InChI is InChI=1S/C18H17N5/c19-10-13-4-1-8-21-18(13)23-9-3-5-14(12-23)16-11-22-17-15(16)6-2-7-20-17/h1-2,4,6-8,11,14H,3,5,9,12H2,(H,20,22). The lowest BCUT2D eigenvalue weighted by atomic mass is 9.90. The number of piperidine rings is 1. The lowest BCUT2D eigenvalue weighted by Gasteiger charge is -2.34. The summed E-state index contributed by atoms with van der Waals surface area (Å²) in [4.78, 5) is 14.3. The van der Waals surface area contributed by atoms with E-state index in [1.807, 2.05) is 24.4 Å². The predicted octanol–water partition coefficient (Wildman–Crippen LogP) is 3.21. The zero-order valence-corrected chi connectivity index (χ0v) is 12.7. The van der Waals surface area contributed by atoms with E-state index in [0.29, 0.717) is 11.5 Å². The molecule has 4 rings (SSSR count). The zero-order chi connectivity index (χ0) is 15.6. The summed E-state index contributed by atoms with van der Waals surface area (Å²) in [5.74, 6) is 1.23. The molecule has 0 spiro atoms. The molecule has 1 aliphatic rings. The van der Waals surface area contributed by atoms with E-state index in [-0.39, 0.29) is 0 Å². The molecular formula is C18H17N5. The van der Waals surface area contributed by atoms with Gasteiger partial charge in [-0.2, -0.15) is 5.26 Å². The van der Waals surface area contributed by atoms with Crippen molar-refractivity contribution < 1.29 is 0 Å². The molecule has 1 aliphatic heterocycles. The van der Waals surface area contributed by atoms with Gasteiger partial charge < -0.3 is 9.88 Å². The molecular weight excluding hydrogens is 286 g/mol. The minimum Gasteiger partial charge on any atom is -0.355 e. The smallest absolute Gasteiger partial charge is 0.146 e. The van der Waals surface area contributed by atoms with Gasteiger partial charge in [-0.15, -0.1) is 0 Å². The molecule has 0 saturated carbocycles. The van der Waals surface area contributed by atoms with Gasteiger partial charge in [-0.3, -0.25) is 0 Å². The SMILES string of the molecule is N#Cc1cccnc1N1CCCC(c2c[nH]c3ncccc23)C1. The topological polar surface area (TPSA) is 68.6 Å². The monoisotopic (exact) mass is 303 g/mol. The third-order valence-electron chi connectivity index (χ3n) is 4.55. The third kappa shape index (κ3) is 2.42. The van der Waals surface area contributed by atoms with Crippen LogP contribution in [0.4, 0.5) is 5.82 Å². The average Bonchev–Trinajstić information content (AvgIpc) is 3.06. The lowest BCUT2D eigenvalue weighted by Crippen LogP contribution is -2.35. The molecule has 0 aliphatic carbocycles. The Bertz CT molecular complexity index is 876. The predicted molar refractivity (Wildman–Crippen MR) is 89.2 cm³/mol. The van der Waals surface area contributed by atoms with Crippen molar-refractivity contribution in [3.63, 3.8) is 0 Å². The van der Waals surface area contributed by atoms with Crippen molar-refractivity contribution in [1.82, 2.24) is 15.0 Å². The number of hydrogen-bond acceptors (Lipinski definition) is 4. The Labute approximate surface area is 134 Å². The lowest BCUT2D eigenvalue weighted by molar-refractivity contribution is 0.509. The highest BCUT2D eigenvalue weighted by Crippen LogP contribution is 2.33. The summed E-state index contributed by atoms with van der Waals surface area (Å²) in [5.41, 5.74) is 2.90. The van der Waals surface area contributed by atoms with Crippen LogP contribution in [0.5, 0.6) is 0 Å². The minimum absolute atomic E-state index is 0.426. The van der Waals surface area contributed by atoms with Crippen LogP contribution in [0.2, 0.25) is 0 Å². The number of rotatable bonds is 2. The summed E-state index contributed by atoms with van der Waals surface area (Å²) in [5, 5.41) is 10.5. The minimum atomic E-state index is 0.426. The van der Waals surface area contributed by atoms with E-state index < -0.39 is 0 Å². The fourth-order valence-electron chi connectivity index (χ4n) is 3.47. The van der Waals surface area contributed by atoms with Gasteiger partial charge in [-0.1, -0.05) is 0 Å². The number of nitrogens with zero attached hydrogens (tertiary/aromatic N) is 4. The van der Waals surface area contributed by atoms with Crippen LogP contribution in [0.3, 0.4) is 0 Å². The Kier molecular flexibility index (Phi) is 3.43. The van der Waals surface area contributed by atoms with Gasteiger partial charge in [0.25, 0.3) is 0 Å². The van der Waals surface area contributed by atoms with E-state index in [1.165, 1.54) is 10.9 Å². The van der Waals surface area contributed by atoms with Crippen LogP contribution in [0.1, 0.15) is 29.9 Å². The van der Waals surface area contributed by atoms with Gasteiger partial charge in [0, 0.05) is 43.0 Å². The number of fused-ring (bicyclic) bond motifs is 1. The average molecular weight is 303 g/mol. The molecule has 5 nitrogen and oxygen atoms in total. The first kappa shape index (κ1) is 13.8. The first-order valence-corrected chi connectivity index (χ1v) is 7.89. The van der Waals surface area contributed by atoms with Crippen molar-refractivity contribution in [2.75, 3.05) is 18.0 Å². The molecule has 3 aromatic rings. The number of nitrogens with one attached hydrogen (secondary N) is 1. The summed E-state index contributed by atoms with van der Waals surface area (Å²) in [6, 6.07) is 10.00. The van der Waals surface area contributed by atoms with Gasteiger partial charge in [-0.05, 0) is 42.7 Å². The number of hydrogen-bond donors (Lipinski definition) is 1. The van der Waals surface area contributed by atoms with Crippen LogP contribution in [0.25, 0.3) is 11.0 Å². The van der Waals surface area contributed by atoms with Gasteiger partial charge in [-0.25, -0.2) is 9.97 Å². The van der Waals surface area contributed by atoms with Gasteiger partial charge in [0.1, 0.15) is 17.5 Å². The zero-order valence-electron chi connectivity index (χ0n) is 12.7. The molecule has 0 bridgehead atoms. The van der Waals surface area contributed by atoms with Crippen molar-refractivity contribution >= 4 is 16.9 Å².